The summed E-state index contributed by atoms with van der Waals surface area (Å²) in [4.78, 5) is 0. The molecule has 0 aliphatic rings. The van der Waals surface area contributed by atoms with Crippen molar-refractivity contribution in [2.45, 2.75) is 12.7 Å². The Balaban J connectivity index is 2.06. The van der Waals surface area contributed by atoms with Gasteiger partial charge in [-0.15, -0.1) is 0 Å². The average Bonchev–Trinajstić information content (AvgIpc) is 2.31. The standard InChI is InChI=1S/C12H19NO3/c13-6-7-15-9-12(14)10-16-8-11-4-2-1-3-5-11/h1-5,12,14H,6-10,13H2. The fourth-order valence-corrected chi connectivity index (χ4v) is 1.24. The highest BCUT2D eigenvalue weighted by atomic mass is 16.5. The van der Waals surface area contributed by atoms with E-state index in [1.54, 1.807) is 0 Å². The lowest BCUT2D eigenvalue weighted by atomic mass is 10.2. The number of aliphatic hydroxyl groups excluding tert-OH is 1. The zero-order chi connectivity index (χ0) is 11.6. The molecular formula is C12H19NO3. The molecular weight excluding hydrogens is 206 g/mol. The fourth-order valence-electron chi connectivity index (χ4n) is 1.24. The van der Waals surface area contributed by atoms with Gasteiger partial charge in [0.15, 0.2) is 0 Å². The largest absolute Gasteiger partial charge is 0.388 e. The lowest BCUT2D eigenvalue weighted by Crippen LogP contribution is -2.23. The smallest absolute Gasteiger partial charge is 0.101 e. The Bertz CT molecular complexity index is 266. The average molecular weight is 225 g/mol. The van der Waals surface area contributed by atoms with Crippen molar-refractivity contribution in [3.05, 3.63) is 35.9 Å². The van der Waals surface area contributed by atoms with Gasteiger partial charge in [0.1, 0.15) is 6.10 Å². The summed E-state index contributed by atoms with van der Waals surface area (Å²) in [7, 11) is 0. The first-order valence-corrected chi connectivity index (χ1v) is 5.40. The summed E-state index contributed by atoms with van der Waals surface area (Å²) in [5.74, 6) is 0. The lowest BCUT2D eigenvalue weighted by Gasteiger charge is -2.11. The summed E-state index contributed by atoms with van der Waals surface area (Å²) in [6, 6.07) is 9.84. The van der Waals surface area contributed by atoms with Crippen LogP contribution in [0.5, 0.6) is 0 Å². The maximum atomic E-state index is 9.46. The molecule has 0 aromatic heterocycles. The highest BCUT2D eigenvalue weighted by Gasteiger charge is 2.03. The molecule has 0 fully saturated rings. The first-order valence-electron chi connectivity index (χ1n) is 5.40. The van der Waals surface area contributed by atoms with E-state index in [0.29, 0.717) is 19.8 Å². The maximum absolute atomic E-state index is 9.46. The van der Waals surface area contributed by atoms with Crippen LogP contribution in [0.15, 0.2) is 30.3 Å². The third-order valence-corrected chi connectivity index (χ3v) is 1.99. The third kappa shape index (κ3) is 5.82. The lowest BCUT2D eigenvalue weighted by molar-refractivity contribution is -0.0218. The number of ether oxygens (including phenoxy) is 2. The van der Waals surface area contributed by atoms with Crippen molar-refractivity contribution in [2.75, 3.05) is 26.4 Å². The third-order valence-electron chi connectivity index (χ3n) is 1.99. The Hall–Kier alpha value is -0.940. The van der Waals surface area contributed by atoms with Crippen LogP contribution in [0, 0.1) is 0 Å². The summed E-state index contributed by atoms with van der Waals surface area (Å²) in [6.07, 6.45) is -0.588. The second-order valence-electron chi connectivity index (χ2n) is 3.52. The fraction of sp³-hybridized carbons (Fsp3) is 0.500. The van der Waals surface area contributed by atoms with Crippen LogP contribution in [0.1, 0.15) is 5.56 Å². The number of rotatable bonds is 8. The van der Waals surface area contributed by atoms with Crippen LogP contribution >= 0.6 is 0 Å². The van der Waals surface area contributed by atoms with E-state index in [-0.39, 0.29) is 13.2 Å². The number of hydrogen-bond acceptors (Lipinski definition) is 4. The van der Waals surface area contributed by atoms with Gasteiger partial charge in [-0.2, -0.15) is 0 Å². The minimum absolute atomic E-state index is 0.270. The molecule has 0 aliphatic heterocycles. The van der Waals surface area contributed by atoms with Crippen molar-refractivity contribution in [1.82, 2.24) is 0 Å². The highest BCUT2D eigenvalue weighted by molar-refractivity contribution is 5.13. The van der Waals surface area contributed by atoms with E-state index in [1.165, 1.54) is 0 Å². The molecule has 0 bridgehead atoms. The van der Waals surface area contributed by atoms with Crippen LogP contribution in [0.4, 0.5) is 0 Å². The Morgan fingerprint density at radius 3 is 2.50 bits per heavy atom. The molecule has 1 aromatic carbocycles. The topological polar surface area (TPSA) is 64.7 Å². The van der Waals surface area contributed by atoms with Crippen LogP contribution < -0.4 is 5.73 Å². The zero-order valence-electron chi connectivity index (χ0n) is 9.34. The number of nitrogens with two attached hydrogens (primary N) is 1. The van der Waals surface area contributed by atoms with Crippen LogP contribution in [0.2, 0.25) is 0 Å². The molecule has 16 heavy (non-hydrogen) atoms. The predicted molar refractivity (Wildman–Crippen MR) is 62.0 cm³/mol. The minimum Gasteiger partial charge on any atom is -0.388 e. The normalized spacial score (nSPS) is 12.6. The molecule has 1 rings (SSSR count). The molecule has 0 radical (unpaired) electrons. The highest BCUT2D eigenvalue weighted by Crippen LogP contribution is 2.00. The minimum atomic E-state index is -0.588. The molecule has 0 aliphatic carbocycles. The second kappa shape index (κ2) is 8.24. The molecule has 1 unspecified atom stereocenters. The number of hydrogen-bond donors (Lipinski definition) is 2. The van der Waals surface area contributed by atoms with Gasteiger partial charge in [0.2, 0.25) is 0 Å². The summed E-state index contributed by atoms with van der Waals surface area (Å²) in [5, 5.41) is 9.46. The van der Waals surface area contributed by atoms with E-state index in [1.807, 2.05) is 30.3 Å². The van der Waals surface area contributed by atoms with Crippen molar-refractivity contribution in [3.8, 4) is 0 Å². The van der Waals surface area contributed by atoms with Crippen molar-refractivity contribution >= 4 is 0 Å². The predicted octanol–water partition coefficient (Wildman–Crippen LogP) is 0.539. The first-order chi connectivity index (χ1) is 7.83. The van der Waals surface area contributed by atoms with Gasteiger partial charge in [0, 0.05) is 6.54 Å². The monoisotopic (exact) mass is 225 g/mol. The first kappa shape index (κ1) is 13.1. The molecule has 0 amide bonds. The summed E-state index contributed by atoms with van der Waals surface area (Å²) >= 11 is 0. The molecule has 0 saturated heterocycles. The van der Waals surface area contributed by atoms with Gasteiger partial charge >= 0.3 is 0 Å². The van der Waals surface area contributed by atoms with Gasteiger partial charge in [-0.05, 0) is 5.56 Å². The molecule has 1 atom stereocenters. The van der Waals surface area contributed by atoms with E-state index in [2.05, 4.69) is 0 Å². The van der Waals surface area contributed by atoms with Crippen LogP contribution in [-0.2, 0) is 16.1 Å². The Labute approximate surface area is 96.0 Å². The van der Waals surface area contributed by atoms with Crippen molar-refractivity contribution in [3.63, 3.8) is 0 Å². The molecule has 90 valence electrons. The van der Waals surface area contributed by atoms with Crippen molar-refractivity contribution < 1.29 is 14.6 Å². The van der Waals surface area contributed by atoms with Crippen LogP contribution in [0.25, 0.3) is 0 Å². The molecule has 0 spiro atoms. The Kier molecular flexibility index (Phi) is 6.76. The molecule has 0 saturated carbocycles. The van der Waals surface area contributed by atoms with E-state index < -0.39 is 6.10 Å². The van der Waals surface area contributed by atoms with Crippen molar-refractivity contribution in [2.24, 2.45) is 5.73 Å². The van der Waals surface area contributed by atoms with E-state index >= 15 is 0 Å². The maximum Gasteiger partial charge on any atom is 0.101 e. The summed E-state index contributed by atoms with van der Waals surface area (Å²) in [6.45, 7) is 1.99. The summed E-state index contributed by atoms with van der Waals surface area (Å²) < 4.78 is 10.4. The quantitative estimate of drug-likeness (QED) is 0.634. The molecule has 4 nitrogen and oxygen atoms in total. The van der Waals surface area contributed by atoms with E-state index in [0.717, 1.165) is 5.56 Å². The number of aliphatic hydroxyl groups is 1. The van der Waals surface area contributed by atoms with Gasteiger partial charge < -0.3 is 20.3 Å². The Morgan fingerprint density at radius 2 is 1.81 bits per heavy atom. The van der Waals surface area contributed by atoms with Gasteiger partial charge in [-0.3, -0.25) is 0 Å². The van der Waals surface area contributed by atoms with E-state index in [4.69, 9.17) is 15.2 Å². The molecule has 0 heterocycles. The SMILES string of the molecule is NCCOCC(O)COCc1ccccc1. The molecule has 3 N–H and O–H groups in total. The number of benzene rings is 1. The Morgan fingerprint density at radius 1 is 1.12 bits per heavy atom. The summed E-state index contributed by atoms with van der Waals surface area (Å²) in [5.41, 5.74) is 6.35. The second-order valence-corrected chi connectivity index (χ2v) is 3.52. The van der Waals surface area contributed by atoms with Gasteiger partial charge in [-0.1, -0.05) is 30.3 Å². The molecule has 4 heteroatoms. The van der Waals surface area contributed by atoms with Gasteiger partial charge in [-0.25, -0.2) is 0 Å². The van der Waals surface area contributed by atoms with E-state index in [9.17, 15) is 5.11 Å². The van der Waals surface area contributed by atoms with Gasteiger partial charge in [0.25, 0.3) is 0 Å². The zero-order valence-corrected chi connectivity index (χ0v) is 9.34. The van der Waals surface area contributed by atoms with Crippen LogP contribution in [0.3, 0.4) is 0 Å². The van der Waals surface area contributed by atoms with Gasteiger partial charge in [0.05, 0.1) is 26.4 Å². The van der Waals surface area contributed by atoms with Crippen molar-refractivity contribution in [1.29, 1.82) is 0 Å². The molecule has 1 aromatic rings. The van der Waals surface area contributed by atoms with Crippen LogP contribution in [-0.4, -0.2) is 37.6 Å².